The minimum Gasteiger partial charge on any atom is -0.454 e. The molecule has 0 aliphatic carbocycles. The van der Waals surface area contributed by atoms with Crippen molar-refractivity contribution in [3.63, 3.8) is 0 Å². The molecule has 8 atom stereocenters. The normalized spacial score (nSPS) is 18.4. The summed E-state index contributed by atoms with van der Waals surface area (Å²) in [4.78, 5) is 26.7. The van der Waals surface area contributed by atoms with Gasteiger partial charge in [0.05, 0.1) is 25.4 Å². The lowest BCUT2D eigenvalue weighted by atomic mass is 9.99. The van der Waals surface area contributed by atoms with Crippen LogP contribution < -0.4 is 5.32 Å². The van der Waals surface area contributed by atoms with Gasteiger partial charge in [0, 0.05) is 6.42 Å². The summed E-state index contributed by atoms with van der Waals surface area (Å²) in [5.41, 5.74) is 0. The lowest BCUT2D eigenvalue weighted by molar-refractivity contribution is -0.305. The number of unbranched alkanes of at least 4 members (excludes halogenated alkanes) is 49. The lowest BCUT2D eigenvalue weighted by Crippen LogP contribution is -2.61. The molecule has 1 amide bonds. The van der Waals surface area contributed by atoms with E-state index in [0.29, 0.717) is 19.3 Å². The van der Waals surface area contributed by atoms with Crippen molar-refractivity contribution in [2.75, 3.05) is 13.2 Å². The van der Waals surface area contributed by atoms with Gasteiger partial charge in [0.25, 0.3) is 0 Å². The Morgan fingerprint density at radius 3 is 1.14 bits per heavy atom. The molecule has 1 heterocycles. The topological polar surface area (TPSA) is 175 Å². The molecule has 1 saturated heterocycles. The number of allylic oxidation sites excluding steroid dienone is 3. The third-order valence-electron chi connectivity index (χ3n) is 17.9. The Morgan fingerprint density at radius 1 is 0.447 bits per heavy atom. The standard InChI is InChI=1S/C74H141NO10/c1-4-7-10-13-16-19-22-25-27-29-30-31-32-33-34-35-36-37-39-40-43-46-49-52-55-58-61-67(78)73(82)75-65(66(77)60-57-54-51-48-45-42-24-21-18-15-12-9-6-3)64-83-74-72(71(81)70(80)68(63-76)84-74)85-69(79)62-59-56-53-50-47-44-41-38-28-26-23-20-17-14-11-8-5-2/h25,27,57,60,65-68,70-72,74,76-78,80-81H,4-24,26,28-56,58-59,61-64H2,1-3H3,(H,75,82)/b27-25+,60-57+. The molecule has 0 spiro atoms. The molecule has 1 aliphatic heterocycles. The number of esters is 1. The van der Waals surface area contributed by atoms with Crippen molar-refractivity contribution in [1.29, 1.82) is 0 Å². The van der Waals surface area contributed by atoms with Crippen molar-refractivity contribution >= 4 is 11.9 Å². The van der Waals surface area contributed by atoms with Gasteiger partial charge < -0.3 is 45.1 Å². The van der Waals surface area contributed by atoms with Gasteiger partial charge in [0.15, 0.2) is 12.4 Å². The van der Waals surface area contributed by atoms with E-state index in [-0.39, 0.29) is 13.0 Å². The summed E-state index contributed by atoms with van der Waals surface area (Å²) < 4.78 is 17.7. The molecule has 0 aromatic heterocycles. The Balaban J connectivity index is 2.54. The van der Waals surface area contributed by atoms with Gasteiger partial charge in [-0.1, -0.05) is 340 Å². The van der Waals surface area contributed by atoms with Crippen LogP contribution in [0.4, 0.5) is 0 Å². The van der Waals surface area contributed by atoms with Gasteiger partial charge in [-0.05, 0) is 51.4 Å². The van der Waals surface area contributed by atoms with Gasteiger partial charge in [-0.15, -0.1) is 0 Å². The lowest BCUT2D eigenvalue weighted by Gasteiger charge is -2.41. The molecule has 0 bridgehead atoms. The van der Waals surface area contributed by atoms with Crippen LogP contribution >= 0.6 is 0 Å². The van der Waals surface area contributed by atoms with Crippen molar-refractivity contribution in [3.8, 4) is 0 Å². The summed E-state index contributed by atoms with van der Waals surface area (Å²) in [5.74, 6) is -1.17. The highest BCUT2D eigenvalue weighted by Gasteiger charge is 2.47. The molecule has 1 aliphatic rings. The summed E-state index contributed by atoms with van der Waals surface area (Å²) in [7, 11) is 0. The maximum atomic E-state index is 13.5. The van der Waals surface area contributed by atoms with Crippen LogP contribution in [-0.2, 0) is 23.8 Å². The minimum absolute atomic E-state index is 0.131. The maximum Gasteiger partial charge on any atom is 0.306 e. The predicted octanol–water partition coefficient (Wildman–Crippen LogP) is 19.2. The predicted molar refractivity (Wildman–Crippen MR) is 357 cm³/mol. The van der Waals surface area contributed by atoms with Gasteiger partial charge in [-0.3, -0.25) is 9.59 Å². The number of carbonyl (C=O) groups excluding carboxylic acids is 2. The number of carbonyl (C=O) groups is 2. The summed E-state index contributed by atoms with van der Waals surface area (Å²) in [6.45, 7) is 5.85. The second kappa shape index (κ2) is 62.3. The van der Waals surface area contributed by atoms with Crippen LogP contribution in [0.25, 0.3) is 0 Å². The molecule has 0 aromatic carbocycles. The maximum absolute atomic E-state index is 13.5. The van der Waals surface area contributed by atoms with Crippen LogP contribution in [-0.4, -0.2) is 99.6 Å². The first-order chi connectivity index (χ1) is 41.7. The Kier molecular flexibility index (Phi) is 59.5. The van der Waals surface area contributed by atoms with E-state index in [1.807, 2.05) is 6.08 Å². The molecule has 1 rings (SSSR count). The molecule has 85 heavy (non-hydrogen) atoms. The highest BCUT2D eigenvalue weighted by Crippen LogP contribution is 2.27. The van der Waals surface area contributed by atoms with Crippen LogP contribution in [0.5, 0.6) is 0 Å². The quantitative estimate of drug-likeness (QED) is 0.0195. The average Bonchev–Trinajstić information content (AvgIpc) is 3.22. The minimum atomic E-state index is -1.61. The van der Waals surface area contributed by atoms with Crippen LogP contribution in [0.15, 0.2) is 24.3 Å². The van der Waals surface area contributed by atoms with E-state index in [9.17, 15) is 35.1 Å². The number of aliphatic hydroxyl groups excluding tert-OH is 5. The summed E-state index contributed by atoms with van der Waals surface area (Å²) in [6.07, 6.45) is 65.1. The Morgan fingerprint density at radius 2 is 0.776 bits per heavy atom. The highest BCUT2D eigenvalue weighted by atomic mass is 16.7. The fourth-order valence-corrected chi connectivity index (χ4v) is 12.0. The second-order valence-electron chi connectivity index (χ2n) is 26.0. The monoisotopic (exact) mass is 1200 g/mol. The van der Waals surface area contributed by atoms with Gasteiger partial charge in [0.2, 0.25) is 5.91 Å². The summed E-state index contributed by atoms with van der Waals surface area (Å²) >= 11 is 0. The average molecular weight is 1200 g/mol. The molecule has 0 aromatic rings. The molecule has 8 unspecified atom stereocenters. The van der Waals surface area contributed by atoms with Crippen molar-refractivity contribution in [2.24, 2.45) is 0 Å². The molecule has 502 valence electrons. The third kappa shape index (κ3) is 49.6. The third-order valence-corrected chi connectivity index (χ3v) is 17.9. The van der Waals surface area contributed by atoms with E-state index >= 15 is 0 Å². The van der Waals surface area contributed by atoms with Crippen molar-refractivity contribution in [3.05, 3.63) is 24.3 Å². The molecule has 6 N–H and O–H groups in total. The SMILES string of the molecule is CCCCCCCC/C=C/CCCCCCCCCCCCCCCCCCC(O)C(=O)NC(COC1OC(CO)C(O)C(O)C1OC(=O)CCCCCCCCCCCCCCCCCCC)C(O)/C=C/CCCCCCCCCCCCC. The van der Waals surface area contributed by atoms with E-state index in [1.54, 1.807) is 6.08 Å². The van der Waals surface area contributed by atoms with Crippen LogP contribution in [0.1, 0.15) is 374 Å². The fourth-order valence-electron chi connectivity index (χ4n) is 12.0. The van der Waals surface area contributed by atoms with Crippen molar-refractivity contribution < 1.29 is 49.3 Å². The van der Waals surface area contributed by atoms with E-state index in [1.165, 1.54) is 270 Å². The smallest absolute Gasteiger partial charge is 0.306 e. The zero-order chi connectivity index (χ0) is 61.7. The van der Waals surface area contributed by atoms with Crippen LogP contribution in [0.2, 0.25) is 0 Å². The molecular weight excluding hydrogens is 1060 g/mol. The molecule has 0 radical (unpaired) electrons. The van der Waals surface area contributed by atoms with Crippen LogP contribution in [0.3, 0.4) is 0 Å². The molecule has 0 saturated carbocycles. The molecular formula is C74H141NO10. The largest absolute Gasteiger partial charge is 0.454 e. The summed E-state index contributed by atoms with van der Waals surface area (Å²) in [6, 6.07) is -1.02. The molecule has 11 nitrogen and oxygen atoms in total. The van der Waals surface area contributed by atoms with Gasteiger partial charge in [-0.2, -0.15) is 0 Å². The molecule has 11 heteroatoms. The Hall–Kier alpha value is -1.86. The fraction of sp³-hybridized carbons (Fsp3) is 0.919. The first-order valence-electron chi connectivity index (χ1n) is 37.1. The Labute approximate surface area is 524 Å². The first-order valence-corrected chi connectivity index (χ1v) is 37.1. The number of hydrogen-bond donors (Lipinski definition) is 6. The van der Waals surface area contributed by atoms with Gasteiger partial charge in [-0.25, -0.2) is 0 Å². The van der Waals surface area contributed by atoms with Gasteiger partial charge in [0.1, 0.15) is 24.4 Å². The summed E-state index contributed by atoms with van der Waals surface area (Å²) in [5, 5.41) is 57.3. The second-order valence-corrected chi connectivity index (χ2v) is 26.0. The number of nitrogens with one attached hydrogen (secondary N) is 1. The van der Waals surface area contributed by atoms with E-state index < -0.39 is 67.4 Å². The number of rotatable bonds is 65. The van der Waals surface area contributed by atoms with E-state index in [4.69, 9.17) is 14.2 Å². The Bertz CT molecular complexity index is 1480. The van der Waals surface area contributed by atoms with E-state index in [0.717, 1.165) is 57.8 Å². The first kappa shape index (κ1) is 81.2. The van der Waals surface area contributed by atoms with Crippen LogP contribution in [0, 0.1) is 0 Å². The number of hydrogen-bond acceptors (Lipinski definition) is 10. The van der Waals surface area contributed by atoms with Crippen molar-refractivity contribution in [2.45, 2.75) is 423 Å². The van der Waals surface area contributed by atoms with Gasteiger partial charge >= 0.3 is 5.97 Å². The number of ether oxygens (including phenoxy) is 3. The number of amides is 1. The van der Waals surface area contributed by atoms with Crippen molar-refractivity contribution in [1.82, 2.24) is 5.32 Å². The highest BCUT2D eigenvalue weighted by molar-refractivity contribution is 5.80. The van der Waals surface area contributed by atoms with E-state index in [2.05, 4.69) is 38.2 Å². The zero-order valence-corrected chi connectivity index (χ0v) is 56.0. The zero-order valence-electron chi connectivity index (χ0n) is 56.0. The number of aliphatic hydroxyl groups is 5. The molecule has 1 fully saturated rings.